The van der Waals surface area contributed by atoms with Crippen molar-refractivity contribution in [3.8, 4) is 0 Å². The third kappa shape index (κ3) is 6.60. The molecule has 1 atom stereocenters. The highest BCUT2D eigenvalue weighted by Crippen LogP contribution is 2.22. The average molecular weight is 609 g/mol. The average Bonchev–Trinajstić information content (AvgIpc) is 3.04. The number of nitrogens with one attached hydrogen (secondary N) is 2. The Hall–Kier alpha value is -5.09. The van der Waals surface area contributed by atoms with Gasteiger partial charge in [-0.05, 0) is 73.0 Å². The summed E-state index contributed by atoms with van der Waals surface area (Å²) < 4.78 is 28.6. The first-order valence-electron chi connectivity index (χ1n) is 14.3. The van der Waals surface area contributed by atoms with Gasteiger partial charge in [-0.2, -0.15) is 0 Å². The molecule has 9 nitrogen and oxygen atoms in total. The molecule has 0 spiro atoms. The van der Waals surface area contributed by atoms with Crippen LogP contribution in [0.2, 0.25) is 0 Å². The molecule has 0 bridgehead atoms. The van der Waals surface area contributed by atoms with Gasteiger partial charge in [0.25, 0.3) is 15.9 Å². The quantitative estimate of drug-likeness (QED) is 0.211. The molecule has 0 saturated heterocycles. The van der Waals surface area contributed by atoms with E-state index >= 15 is 0 Å². The van der Waals surface area contributed by atoms with Gasteiger partial charge in [-0.3, -0.25) is 19.4 Å². The minimum Gasteiger partial charge on any atom is -0.343 e. The second-order valence-corrected chi connectivity index (χ2v) is 12.0. The first-order valence-corrected chi connectivity index (χ1v) is 15.8. The molecule has 0 aliphatic carbocycles. The fourth-order valence-electron chi connectivity index (χ4n) is 5.09. The van der Waals surface area contributed by atoms with Crippen molar-refractivity contribution in [2.24, 2.45) is 5.92 Å². The van der Waals surface area contributed by atoms with E-state index in [0.29, 0.717) is 40.8 Å². The minimum atomic E-state index is -4.25. The first-order chi connectivity index (χ1) is 21.2. The molecule has 0 aliphatic heterocycles. The van der Waals surface area contributed by atoms with Crippen molar-refractivity contribution in [3.05, 3.63) is 114 Å². The Morgan fingerprint density at radius 1 is 0.795 bits per heavy atom. The highest BCUT2D eigenvalue weighted by molar-refractivity contribution is 7.90. The van der Waals surface area contributed by atoms with Crippen LogP contribution in [-0.2, 0) is 26.0 Å². The summed E-state index contributed by atoms with van der Waals surface area (Å²) >= 11 is 0. The zero-order chi connectivity index (χ0) is 31.3. The summed E-state index contributed by atoms with van der Waals surface area (Å²) in [5.41, 5.74) is 2.16. The van der Waals surface area contributed by atoms with Crippen LogP contribution in [0.25, 0.3) is 21.7 Å². The maximum atomic E-state index is 13.5. The van der Waals surface area contributed by atoms with E-state index in [9.17, 15) is 22.8 Å². The summed E-state index contributed by atoms with van der Waals surface area (Å²) in [6.45, 7) is 4.32. The molecule has 0 aliphatic rings. The van der Waals surface area contributed by atoms with Crippen LogP contribution in [0.1, 0.15) is 29.8 Å². The fourth-order valence-corrected chi connectivity index (χ4v) is 6.14. The SMILES string of the molecule is CCN(CC)C(=O)C(Cc1ccc(NC(=O)c2cccc3cccnc23)cc1)C(=O)NS(=O)(=O)c1ccc2ccccc2c1. The number of carbonyl (C=O) groups excluding carboxylic acids is 3. The lowest BCUT2D eigenvalue weighted by atomic mass is 9.97. The molecule has 5 rings (SSSR count). The van der Waals surface area contributed by atoms with E-state index < -0.39 is 27.8 Å². The molecule has 1 aromatic heterocycles. The Morgan fingerprint density at radius 2 is 1.48 bits per heavy atom. The Kier molecular flexibility index (Phi) is 9.01. The maximum absolute atomic E-state index is 13.5. The van der Waals surface area contributed by atoms with Crippen LogP contribution in [0.4, 0.5) is 5.69 Å². The van der Waals surface area contributed by atoms with Gasteiger partial charge in [0, 0.05) is 30.4 Å². The van der Waals surface area contributed by atoms with Gasteiger partial charge >= 0.3 is 0 Å². The van der Waals surface area contributed by atoms with E-state index in [0.717, 1.165) is 10.8 Å². The highest BCUT2D eigenvalue weighted by atomic mass is 32.2. The number of nitrogens with zero attached hydrogens (tertiary/aromatic N) is 2. The van der Waals surface area contributed by atoms with E-state index in [1.165, 1.54) is 17.0 Å². The maximum Gasteiger partial charge on any atom is 0.264 e. The van der Waals surface area contributed by atoms with E-state index in [4.69, 9.17) is 0 Å². The molecule has 0 saturated carbocycles. The summed E-state index contributed by atoms with van der Waals surface area (Å²) in [5.74, 6) is -2.99. The number of rotatable bonds is 10. The minimum absolute atomic E-state index is 0.0319. The zero-order valence-corrected chi connectivity index (χ0v) is 25.2. The number of sulfonamides is 1. The van der Waals surface area contributed by atoms with Crippen molar-refractivity contribution in [2.45, 2.75) is 25.2 Å². The van der Waals surface area contributed by atoms with Gasteiger partial charge in [-0.25, -0.2) is 13.1 Å². The second kappa shape index (κ2) is 13.0. The number of anilines is 1. The molecule has 2 N–H and O–H groups in total. The van der Waals surface area contributed by atoms with Gasteiger partial charge in [-0.15, -0.1) is 0 Å². The van der Waals surface area contributed by atoms with Gasteiger partial charge in [0.05, 0.1) is 16.0 Å². The summed E-state index contributed by atoms with van der Waals surface area (Å²) in [4.78, 5) is 45.7. The van der Waals surface area contributed by atoms with Crippen LogP contribution in [0, 0.1) is 5.92 Å². The number of amides is 3. The molecular weight excluding hydrogens is 576 g/mol. The van der Waals surface area contributed by atoms with E-state index in [-0.39, 0.29) is 17.2 Å². The lowest BCUT2D eigenvalue weighted by Crippen LogP contribution is -2.46. The van der Waals surface area contributed by atoms with Crippen LogP contribution in [0.15, 0.2) is 108 Å². The largest absolute Gasteiger partial charge is 0.343 e. The van der Waals surface area contributed by atoms with Crippen molar-refractivity contribution in [2.75, 3.05) is 18.4 Å². The van der Waals surface area contributed by atoms with Gasteiger partial charge < -0.3 is 10.2 Å². The van der Waals surface area contributed by atoms with Crippen molar-refractivity contribution < 1.29 is 22.8 Å². The van der Waals surface area contributed by atoms with E-state index in [2.05, 4.69) is 15.0 Å². The van der Waals surface area contributed by atoms with Gasteiger partial charge in [0.2, 0.25) is 11.8 Å². The molecule has 4 aromatic carbocycles. The Bertz CT molecular complexity index is 1950. The molecule has 3 amide bonds. The summed E-state index contributed by atoms with van der Waals surface area (Å²) in [7, 11) is -4.25. The van der Waals surface area contributed by atoms with Gasteiger partial charge in [0.15, 0.2) is 0 Å². The van der Waals surface area contributed by atoms with Crippen molar-refractivity contribution >= 4 is 55.1 Å². The number of hydrogen-bond acceptors (Lipinski definition) is 6. The number of hydrogen-bond donors (Lipinski definition) is 2. The number of para-hydroxylation sites is 1. The number of fused-ring (bicyclic) bond motifs is 2. The molecule has 1 heterocycles. The summed E-state index contributed by atoms with van der Waals surface area (Å²) in [5, 5.41) is 5.28. The third-order valence-electron chi connectivity index (χ3n) is 7.48. The van der Waals surface area contributed by atoms with Gasteiger partial charge in [0.1, 0.15) is 5.92 Å². The Labute approximate surface area is 256 Å². The predicted octanol–water partition coefficient (Wildman–Crippen LogP) is 5.17. The fraction of sp³-hybridized carbons (Fsp3) is 0.176. The zero-order valence-electron chi connectivity index (χ0n) is 24.4. The number of pyridine rings is 1. The molecule has 5 aromatic rings. The predicted molar refractivity (Wildman–Crippen MR) is 171 cm³/mol. The smallest absolute Gasteiger partial charge is 0.264 e. The van der Waals surface area contributed by atoms with Crippen LogP contribution >= 0.6 is 0 Å². The molecule has 1 unspecified atom stereocenters. The summed E-state index contributed by atoms with van der Waals surface area (Å²) in [6, 6.07) is 27.7. The number of benzene rings is 4. The lowest BCUT2D eigenvalue weighted by Gasteiger charge is -2.25. The van der Waals surface area contributed by atoms with Crippen LogP contribution in [-0.4, -0.2) is 49.1 Å². The van der Waals surface area contributed by atoms with Crippen LogP contribution < -0.4 is 10.0 Å². The Morgan fingerprint density at radius 3 is 2.20 bits per heavy atom. The molecule has 224 valence electrons. The third-order valence-corrected chi connectivity index (χ3v) is 8.83. The van der Waals surface area contributed by atoms with Crippen LogP contribution in [0.5, 0.6) is 0 Å². The standard InChI is InChI=1S/C34H32N4O5S/c1-3-38(4-2)34(41)30(33(40)37-44(42,43)28-19-16-24-9-5-6-10-26(24)22-28)21-23-14-17-27(18-15-23)36-32(39)29-13-7-11-25-12-8-20-35-31(25)29/h5-20,22,30H,3-4,21H2,1-2H3,(H,36,39)(H,37,40). The first kappa shape index (κ1) is 30.4. The normalized spacial score (nSPS) is 12.0. The van der Waals surface area contributed by atoms with Crippen LogP contribution in [0.3, 0.4) is 0 Å². The van der Waals surface area contributed by atoms with Crippen molar-refractivity contribution in [3.63, 3.8) is 0 Å². The van der Waals surface area contributed by atoms with E-state index in [1.807, 2.05) is 24.3 Å². The number of carbonyl (C=O) groups is 3. The van der Waals surface area contributed by atoms with Crippen molar-refractivity contribution in [1.29, 1.82) is 0 Å². The number of aromatic nitrogens is 1. The molecule has 0 fully saturated rings. The van der Waals surface area contributed by atoms with Gasteiger partial charge in [-0.1, -0.05) is 60.7 Å². The molecule has 10 heteroatoms. The highest BCUT2D eigenvalue weighted by Gasteiger charge is 2.33. The monoisotopic (exact) mass is 608 g/mol. The lowest BCUT2D eigenvalue weighted by molar-refractivity contribution is -0.141. The Balaban J connectivity index is 1.34. The van der Waals surface area contributed by atoms with Crippen molar-refractivity contribution in [1.82, 2.24) is 14.6 Å². The second-order valence-electron chi connectivity index (χ2n) is 10.3. The van der Waals surface area contributed by atoms with E-state index in [1.54, 1.807) is 80.7 Å². The molecular formula is C34H32N4O5S. The summed E-state index contributed by atoms with van der Waals surface area (Å²) in [6.07, 6.45) is 1.60. The topological polar surface area (TPSA) is 126 Å². The molecule has 44 heavy (non-hydrogen) atoms. The molecule has 0 radical (unpaired) electrons.